The number of sulfonamides is 1. The van der Waals surface area contributed by atoms with E-state index >= 15 is 0 Å². The van der Waals surface area contributed by atoms with Gasteiger partial charge in [0.15, 0.2) is 0 Å². The topological polar surface area (TPSA) is 108 Å². The maximum absolute atomic E-state index is 12.4. The number of carbonyl (C=O) groups is 2. The Balaban J connectivity index is 1.43. The van der Waals surface area contributed by atoms with Crippen LogP contribution in [0.1, 0.15) is 17.5 Å². The van der Waals surface area contributed by atoms with Crippen molar-refractivity contribution in [3.63, 3.8) is 0 Å². The van der Waals surface area contributed by atoms with Crippen LogP contribution in [-0.4, -0.2) is 71.6 Å². The molecule has 2 aromatic carbocycles. The molecule has 0 saturated carbocycles. The molecule has 184 valence electrons. The second-order valence-electron chi connectivity index (χ2n) is 8.34. The standard InChI is InChI=1S/C24H32N4O5S/c1-18-4-9-22(16-19(18)2)34(31,32)25-11-10-24(30)27(3)17-23(29)26-20-5-7-21(8-6-20)28-12-14-33-15-13-28/h4-9,16,25H,10-15,17H2,1-3H3,(H,26,29). The molecule has 0 unspecified atom stereocenters. The number of amides is 2. The third-order valence-electron chi connectivity index (χ3n) is 5.75. The lowest BCUT2D eigenvalue weighted by Crippen LogP contribution is -2.37. The first-order valence-corrected chi connectivity index (χ1v) is 12.7. The SMILES string of the molecule is Cc1ccc(S(=O)(=O)NCCC(=O)N(C)CC(=O)Nc2ccc(N3CCOCC3)cc2)cc1C. The number of carbonyl (C=O) groups excluding carboxylic acids is 2. The molecule has 2 aromatic rings. The van der Waals surface area contributed by atoms with E-state index in [1.165, 1.54) is 18.0 Å². The minimum Gasteiger partial charge on any atom is -0.378 e. The van der Waals surface area contributed by atoms with E-state index in [0.29, 0.717) is 18.9 Å². The van der Waals surface area contributed by atoms with Crippen molar-refractivity contribution in [1.82, 2.24) is 9.62 Å². The minimum absolute atomic E-state index is 0.0525. The van der Waals surface area contributed by atoms with Gasteiger partial charge in [-0.05, 0) is 61.4 Å². The first kappa shape index (κ1) is 25.7. The van der Waals surface area contributed by atoms with Crippen LogP contribution in [0.3, 0.4) is 0 Å². The van der Waals surface area contributed by atoms with E-state index < -0.39 is 10.0 Å². The van der Waals surface area contributed by atoms with E-state index in [0.717, 1.165) is 29.9 Å². The smallest absolute Gasteiger partial charge is 0.243 e. The molecule has 34 heavy (non-hydrogen) atoms. The lowest BCUT2D eigenvalue weighted by Gasteiger charge is -2.28. The number of likely N-dealkylation sites (N-methyl/N-ethyl adjacent to an activating group) is 1. The van der Waals surface area contributed by atoms with Gasteiger partial charge in [0.25, 0.3) is 0 Å². The summed E-state index contributed by atoms with van der Waals surface area (Å²) in [6, 6.07) is 12.4. The van der Waals surface area contributed by atoms with Gasteiger partial charge in [-0.1, -0.05) is 6.07 Å². The third-order valence-corrected chi connectivity index (χ3v) is 7.21. The quantitative estimate of drug-likeness (QED) is 0.558. The molecule has 0 atom stereocenters. The average molecular weight is 489 g/mol. The van der Waals surface area contributed by atoms with Crippen LogP contribution in [0.4, 0.5) is 11.4 Å². The summed E-state index contributed by atoms with van der Waals surface area (Å²) in [7, 11) is -2.19. The number of anilines is 2. The van der Waals surface area contributed by atoms with Crippen molar-refractivity contribution in [3.8, 4) is 0 Å². The van der Waals surface area contributed by atoms with Gasteiger partial charge in [-0.3, -0.25) is 9.59 Å². The number of nitrogens with one attached hydrogen (secondary N) is 2. The molecule has 1 aliphatic rings. The highest BCUT2D eigenvalue weighted by molar-refractivity contribution is 7.89. The van der Waals surface area contributed by atoms with Crippen molar-refractivity contribution < 1.29 is 22.7 Å². The normalized spacial score (nSPS) is 14.0. The van der Waals surface area contributed by atoms with Gasteiger partial charge in [-0.2, -0.15) is 0 Å². The highest BCUT2D eigenvalue weighted by atomic mass is 32.2. The van der Waals surface area contributed by atoms with Crippen molar-refractivity contribution in [3.05, 3.63) is 53.6 Å². The minimum atomic E-state index is -3.71. The molecule has 1 saturated heterocycles. The molecule has 9 nitrogen and oxygen atoms in total. The van der Waals surface area contributed by atoms with E-state index in [2.05, 4.69) is 14.9 Å². The Hall–Kier alpha value is -2.95. The van der Waals surface area contributed by atoms with Crippen molar-refractivity contribution in [1.29, 1.82) is 0 Å². The summed E-state index contributed by atoms with van der Waals surface area (Å²) >= 11 is 0. The molecular formula is C24H32N4O5S. The molecule has 0 aliphatic carbocycles. The predicted molar refractivity (Wildman–Crippen MR) is 131 cm³/mol. The Morgan fingerprint density at radius 3 is 2.35 bits per heavy atom. The Labute approximate surface area is 201 Å². The lowest BCUT2D eigenvalue weighted by atomic mass is 10.1. The monoisotopic (exact) mass is 488 g/mol. The Morgan fingerprint density at radius 2 is 1.71 bits per heavy atom. The van der Waals surface area contributed by atoms with Gasteiger partial charge >= 0.3 is 0 Å². The van der Waals surface area contributed by atoms with E-state index in [9.17, 15) is 18.0 Å². The van der Waals surface area contributed by atoms with Gasteiger partial charge < -0.3 is 19.9 Å². The number of nitrogens with zero attached hydrogens (tertiary/aromatic N) is 2. The van der Waals surface area contributed by atoms with E-state index in [1.807, 2.05) is 38.1 Å². The fourth-order valence-electron chi connectivity index (χ4n) is 3.53. The molecule has 0 aromatic heterocycles. The second-order valence-corrected chi connectivity index (χ2v) is 10.1. The number of aryl methyl sites for hydroxylation is 2. The molecule has 1 heterocycles. The summed E-state index contributed by atoms with van der Waals surface area (Å²) in [6.45, 7) is 6.63. The molecule has 2 amide bonds. The van der Waals surface area contributed by atoms with Crippen molar-refractivity contribution in [2.75, 3.05) is 56.7 Å². The summed E-state index contributed by atoms with van der Waals surface area (Å²) in [4.78, 5) is 28.4. The average Bonchev–Trinajstić information content (AvgIpc) is 2.81. The maximum Gasteiger partial charge on any atom is 0.243 e. The van der Waals surface area contributed by atoms with Crippen LogP contribution < -0.4 is 14.9 Å². The fraction of sp³-hybridized carbons (Fsp3) is 0.417. The van der Waals surface area contributed by atoms with E-state index in [-0.39, 0.29) is 36.2 Å². The van der Waals surface area contributed by atoms with Gasteiger partial charge in [-0.15, -0.1) is 0 Å². The molecule has 0 radical (unpaired) electrons. The van der Waals surface area contributed by atoms with Crippen molar-refractivity contribution >= 4 is 33.2 Å². The molecular weight excluding hydrogens is 456 g/mol. The van der Waals surface area contributed by atoms with Gasteiger partial charge in [0.2, 0.25) is 21.8 Å². The van der Waals surface area contributed by atoms with Gasteiger partial charge in [0.05, 0.1) is 24.7 Å². The second kappa shape index (κ2) is 11.5. The summed E-state index contributed by atoms with van der Waals surface area (Å²) in [6.07, 6.45) is -0.0535. The highest BCUT2D eigenvalue weighted by Gasteiger charge is 2.17. The fourth-order valence-corrected chi connectivity index (χ4v) is 4.65. The molecule has 10 heteroatoms. The summed E-state index contributed by atoms with van der Waals surface area (Å²) in [5.41, 5.74) is 3.59. The Kier molecular flexibility index (Phi) is 8.65. The molecule has 1 fully saturated rings. The largest absolute Gasteiger partial charge is 0.378 e. The predicted octanol–water partition coefficient (Wildman–Crippen LogP) is 1.91. The molecule has 0 bridgehead atoms. The van der Waals surface area contributed by atoms with Gasteiger partial charge in [0.1, 0.15) is 0 Å². The Bertz CT molecular complexity index is 1110. The maximum atomic E-state index is 12.4. The molecule has 1 aliphatic heterocycles. The zero-order valence-electron chi connectivity index (χ0n) is 19.8. The summed E-state index contributed by atoms with van der Waals surface area (Å²) in [5.74, 6) is -0.661. The molecule has 3 rings (SSSR count). The summed E-state index contributed by atoms with van der Waals surface area (Å²) in [5, 5.41) is 2.78. The van der Waals surface area contributed by atoms with Crippen LogP contribution >= 0.6 is 0 Å². The number of rotatable bonds is 9. The number of morpholine rings is 1. The van der Waals surface area contributed by atoms with Crippen molar-refractivity contribution in [2.45, 2.75) is 25.2 Å². The Morgan fingerprint density at radius 1 is 1.03 bits per heavy atom. The highest BCUT2D eigenvalue weighted by Crippen LogP contribution is 2.19. The number of benzene rings is 2. The van der Waals surface area contributed by atoms with Crippen LogP contribution in [0.25, 0.3) is 0 Å². The van der Waals surface area contributed by atoms with Crippen LogP contribution in [0, 0.1) is 13.8 Å². The summed E-state index contributed by atoms with van der Waals surface area (Å²) < 4.78 is 32.7. The first-order valence-electron chi connectivity index (χ1n) is 11.2. The molecule has 0 spiro atoms. The number of ether oxygens (including phenoxy) is 1. The first-order chi connectivity index (χ1) is 16.2. The number of hydrogen-bond acceptors (Lipinski definition) is 6. The van der Waals surface area contributed by atoms with Crippen LogP contribution in [-0.2, 0) is 24.3 Å². The van der Waals surface area contributed by atoms with Crippen LogP contribution in [0.2, 0.25) is 0 Å². The van der Waals surface area contributed by atoms with E-state index in [1.54, 1.807) is 12.1 Å². The van der Waals surface area contributed by atoms with Gasteiger partial charge in [0, 0.05) is 44.5 Å². The van der Waals surface area contributed by atoms with Crippen molar-refractivity contribution in [2.24, 2.45) is 0 Å². The third kappa shape index (κ3) is 7.02. The van der Waals surface area contributed by atoms with Crippen LogP contribution in [0.5, 0.6) is 0 Å². The van der Waals surface area contributed by atoms with Gasteiger partial charge in [-0.25, -0.2) is 13.1 Å². The zero-order chi connectivity index (χ0) is 24.7. The molecule has 2 N–H and O–H groups in total. The lowest BCUT2D eigenvalue weighted by molar-refractivity contribution is -0.133. The van der Waals surface area contributed by atoms with Crippen LogP contribution in [0.15, 0.2) is 47.4 Å². The van der Waals surface area contributed by atoms with E-state index in [4.69, 9.17) is 4.74 Å². The number of hydrogen-bond donors (Lipinski definition) is 2. The zero-order valence-corrected chi connectivity index (χ0v) is 20.7.